The van der Waals surface area contributed by atoms with Crippen LogP contribution >= 0.6 is 0 Å². The van der Waals surface area contributed by atoms with Crippen LogP contribution in [0.5, 0.6) is 0 Å². The van der Waals surface area contributed by atoms with Crippen LogP contribution in [0.1, 0.15) is 30.1 Å². The third-order valence-electron chi connectivity index (χ3n) is 3.70. The third-order valence-corrected chi connectivity index (χ3v) is 3.70. The van der Waals surface area contributed by atoms with Crippen molar-refractivity contribution >= 4 is 16.8 Å². The number of hydrogen-bond donors (Lipinski definition) is 1. The van der Waals surface area contributed by atoms with Crippen LogP contribution in [0.2, 0.25) is 0 Å². The molecule has 4 rings (SSSR count). The van der Waals surface area contributed by atoms with Crippen molar-refractivity contribution in [3.63, 3.8) is 0 Å². The van der Waals surface area contributed by atoms with E-state index in [0.29, 0.717) is 11.7 Å². The topological polar surface area (TPSA) is 64.9 Å². The van der Waals surface area contributed by atoms with Gasteiger partial charge in [0.25, 0.3) is 0 Å². The Balaban J connectivity index is 1.87. The number of nitrogen functional groups attached to an aromatic ring is 1. The van der Waals surface area contributed by atoms with Gasteiger partial charge in [-0.05, 0) is 31.4 Å². The first-order valence-corrected chi connectivity index (χ1v) is 6.85. The highest BCUT2D eigenvalue weighted by Gasteiger charge is 2.27. The Morgan fingerprint density at radius 1 is 1.20 bits per heavy atom. The summed E-state index contributed by atoms with van der Waals surface area (Å²) < 4.78 is 5.95. The van der Waals surface area contributed by atoms with Crippen molar-refractivity contribution in [1.29, 1.82) is 0 Å². The van der Waals surface area contributed by atoms with Gasteiger partial charge in [0.15, 0.2) is 5.76 Å². The van der Waals surface area contributed by atoms with E-state index in [2.05, 4.69) is 9.97 Å². The first-order valence-electron chi connectivity index (χ1n) is 6.85. The number of aromatic nitrogens is 2. The van der Waals surface area contributed by atoms with Gasteiger partial charge in [0.05, 0.1) is 0 Å². The van der Waals surface area contributed by atoms with Gasteiger partial charge in [-0.2, -0.15) is 0 Å². The predicted octanol–water partition coefficient (Wildman–Crippen LogP) is 3.66. The number of aryl methyl sites for hydroxylation is 1. The molecule has 20 heavy (non-hydrogen) atoms. The number of nitrogens with zero attached hydrogens (tertiary/aromatic N) is 2. The summed E-state index contributed by atoms with van der Waals surface area (Å²) in [5, 5.41) is 1.09. The quantitative estimate of drug-likeness (QED) is 0.768. The molecule has 2 aromatic heterocycles. The second-order valence-electron chi connectivity index (χ2n) is 5.41. The molecule has 1 aliphatic rings. The molecule has 0 spiro atoms. The number of benzene rings is 1. The standard InChI is InChI=1S/C16H15N3O/c1-9-3-2-4-11-7-13(20-15(9)11)12-8-14(17)19-16(18-12)10-5-6-10/h2-4,7-8,10H,5-6H2,1H3,(H2,17,18,19). The summed E-state index contributed by atoms with van der Waals surface area (Å²) in [6.45, 7) is 2.04. The summed E-state index contributed by atoms with van der Waals surface area (Å²) in [7, 11) is 0. The fraction of sp³-hybridized carbons (Fsp3) is 0.250. The molecule has 0 atom stereocenters. The lowest BCUT2D eigenvalue weighted by Gasteiger charge is -2.02. The molecule has 0 amide bonds. The van der Waals surface area contributed by atoms with Gasteiger partial charge in [0.1, 0.15) is 22.9 Å². The molecule has 3 aromatic rings. The van der Waals surface area contributed by atoms with Crippen LogP contribution < -0.4 is 5.73 Å². The summed E-state index contributed by atoms with van der Waals surface area (Å²) in [6, 6.07) is 9.90. The molecule has 0 unspecified atom stereocenters. The smallest absolute Gasteiger partial charge is 0.154 e. The summed E-state index contributed by atoms with van der Waals surface area (Å²) in [5.41, 5.74) is 8.70. The maximum atomic E-state index is 5.95. The van der Waals surface area contributed by atoms with Crippen LogP contribution in [-0.2, 0) is 0 Å². The minimum atomic E-state index is 0.475. The van der Waals surface area contributed by atoms with Crippen LogP contribution in [-0.4, -0.2) is 9.97 Å². The van der Waals surface area contributed by atoms with E-state index in [0.717, 1.165) is 46.7 Å². The van der Waals surface area contributed by atoms with Crippen molar-refractivity contribution in [3.8, 4) is 11.5 Å². The Kier molecular flexibility index (Phi) is 2.33. The van der Waals surface area contributed by atoms with E-state index in [1.165, 1.54) is 0 Å². The van der Waals surface area contributed by atoms with E-state index >= 15 is 0 Å². The molecule has 1 saturated carbocycles. The van der Waals surface area contributed by atoms with E-state index in [4.69, 9.17) is 10.2 Å². The maximum absolute atomic E-state index is 5.95. The van der Waals surface area contributed by atoms with Crippen molar-refractivity contribution in [2.75, 3.05) is 5.73 Å². The van der Waals surface area contributed by atoms with Gasteiger partial charge in [-0.1, -0.05) is 18.2 Å². The van der Waals surface area contributed by atoms with Crippen LogP contribution in [0.15, 0.2) is 34.7 Å². The van der Waals surface area contributed by atoms with E-state index in [9.17, 15) is 0 Å². The number of furan rings is 1. The molecule has 4 nitrogen and oxygen atoms in total. The first-order chi connectivity index (χ1) is 9.70. The Labute approximate surface area is 116 Å². The van der Waals surface area contributed by atoms with Crippen molar-refractivity contribution in [1.82, 2.24) is 9.97 Å². The minimum absolute atomic E-state index is 0.475. The van der Waals surface area contributed by atoms with Gasteiger partial charge < -0.3 is 10.2 Å². The van der Waals surface area contributed by atoms with Crippen molar-refractivity contribution < 1.29 is 4.42 Å². The molecule has 2 heterocycles. The normalized spacial score (nSPS) is 14.8. The zero-order valence-corrected chi connectivity index (χ0v) is 11.3. The highest BCUT2D eigenvalue weighted by molar-refractivity contribution is 5.84. The van der Waals surface area contributed by atoms with Gasteiger partial charge in [-0.15, -0.1) is 0 Å². The van der Waals surface area contributed by atoms with Crippen LogP contribution in [0, 0.1) is 6.92 Å². The zero-order chi connectivity index (χ0) is 13.7. The second-order valence-corrected chi connectivity index (χ2v) is 5.41. The molecular formula is C16H15N3O. The molecule has 100 valence electrons. The monoisotopic (exact) mass is 265 g/mol. The molecule has 1 aromatic carbocycles. The number of fused-ring (bicyclic) bond motifs is 1. The molecule has 0 radical (unpaired) electrons. The second kappa shape index (κ2) is 4.07. The van der Waals surface area contributed by atoms with Gasteiger partial charge in [-0.25, -0.2) is 9.97 Å². The molecule has 0 saturated heterocycles. The number of hydrogen-bond acceptors (Lipinski definition) is 4. The minimum Gasteiger partial charge on any atom is -0.454 e. The summed E-state index contributed by atoms with van der Waals surface area (Å²) in [5.74, 6) is 2.58. The summed E-state index contributed by atoms with van der Waals surface area (Å²) >= 11 is 0. The van der Waals surface area contributed by atoms with Crippen LogP contribution in [0.3, 0.4) is 0 Å². The molecular weight excluding hydrogens is 250 g/mol. The highest BCUT2D eigenvalue weighted by Crippen LogP contribution is 2.39. The molecule has 1 fully saturated rings. The van der Waals surface area contributed by atoms with Crippen molar-refractivity contribution in [3.05, 3.63) is 41.7 Å². The molecule has 2 N–H and O–H groups in total. The zero-order valence-electron chi connectivity index (χ0n) is 11.3. The highest BCUT2D eigenvalue weighted by atomic mass is 16.3. The molecule has 0 bridgehead atoms. The van der Waals surface area contributed by atoms with E-state index in [1.807, 2.05) is 31.2 Å². The van der Waals surface area contributed by atoms with Gasteiger partial charge >= 0.3 is 0 Å². The van der Waals surface area contributed by atoms with Gasteiger partial charge in [-0.3, -0.25) is 0 Å². The number of rotatable bonds is 2. The van der Waals surface area contributed by atoms with Crippen LogP contribution in [0.4, 0.5) is 5.82 Å². The number of anilines is 1. The van der Waals surface area contributed by atoms with E-state index < -0.39 is 0 Å². The van der Waals surface area contributed by atoms with Crippen molar-refractivity contribution in [2.24, 2.45) is 0 Å². The van der Waals surface area contributed by atoms with Crippen molar-refractivity contribution in [2.45, 2.75) is 25.7 Å². The van der Waals surface area contributed by atoms with Gasteiger partial charge in [0, 0.05) is 17.4 Å². The maximum Gasteiger partial charge on any atom is 0.154 e. The Hall–Kier alpha value is -2.36. The largest absolute Gasteiger partial charge is 0.454 e. The fourth-order valence-electron chi connectivity index (χ4n) is 2.47. The lowest BCUT2D eigenvalue weighted by molar-refractivity contribution is 0.625. The molecule has 4 heteroatoms. The average molecular weight is 265 g/mol. The third kappa shape index (κ3) is 1.84. The first kappa shape index (κ1) is 11.5. The lowest BCUT2D eigenvalue weighted by Crippen LogP contribution is -1.99. The summed E-state index contributed by atoms with van der Waals surface area (Å²) in [4.78, 5) is 8.92. The Bertz CT molecular complexity index is 803. The molecule has 1 aliphatic carbocycles. The Morgan fingerprint density at radius 2 is 2.05 bits per heavy atom. The SMILES string of the molecule is Cc1cccc2cc(-c3cc(N)nc(C4CC4)n3)oc12. The van der Waals surface area contributed by atoms with Crippen LogP contribution in [0.25, 0.3) is 22.4 Å². The lowest BCUT2D eigenvalue weighted by atomic mass is 10.2. The average Bonchev–Trinajstić information content (AvgIpc) is 3.18. The summed E-state index contributed by atoms with van der Waals surface area (Å²) in [6.07, 6.45) is 2.31. The van der Waals surface area contributed by atoms with E-state index in [-0.39, 0.29) is 0 Å². The van der Waals surface area contributed by atoms with E-state index in [1.54, 1.807) is 6.07 Å². The van der Waals surface area contributed by atoms with Gasteiger partial charge in [0.2, 0.25) is 0 Å². The number of para-hydroxylation sites is 1. The Morgan fingerprint density at radius 3 is 2.80 bits per heavy atom. The fourth-order valence-corrected chi connectivity index (χ4v) is 2.47. The number of nitrogens with two attached hydrogens (primary N) is 1. The predicted molar refractivity (Wildman–Crippen MR) is 78.4 cm³/mol. The molecule has 0 aliphatic heterocycles.